The highest BCUT2D eigenvalue weighted by Crippen LogP contribution is 2.37. The minimum absolute atomic E-state index is 0.173. The summed E-state index contributed by atoms with van der Waals surface area (Å²) in [5.41, 5.74) is 0.0890. The Morgan fingerprint density at radius 3 is 2.11 bits per heavy atom. The Morgan fingerprint density at radius 1 is 1.17 bits per heavy atom. The molecule has 1 rings (SSSR count). The molecule has 1 N–H and O–H groups in total. The van der Waals surface area contributed by atoms with Crippen LogP contribution in [-0.2, 0) is 5.41 Å². The van der Waals surface area contributed by atoms with Crippen LogP contribution in [0.4, 0.5) is 13.2 Å². The number of benzene rings is 1. The number of rotatable bonds is 2. The predicted octanol–water partition coefficient (Wildman–Crippen LogP) is 3.59. The molecule has 0 aliphatic rings. The highest BCUT2D eigenvalue weighted by Gasteiger charge is 2.39. The van der Waals surface area contributed by atoms with Gasteiger partial charge in [0, 0.05) is 0 Å². The first-order valence-electron chi connectivity index (χ1n) is 5.50. The number of aliphatic hydroxyl groups is 1. The molecule has 1 aromatic carbocycles. The Bertz CT molecular complexity index is 419. The van der Waals surface area contributed by atoms with Gasteiger partial charge in [0.15, 0.2) is 6.10 Å². The summed E-state index contributed by atoms with van der Waals surface area (Å²) in [4.78, 5) is 0. The Balaban J connectivity index is 3.28. The van der Waals surface area contributed by atoms with Crippen LogP contribution in [0.3, 0.4) is 0 Å². The van der Waals surface area contributed by atoms with Crippen molar-refractivity contribution in [2.75, 3.05) is 7.11 Å². The summed E-state index contributed by atoms with van der Waals surface area (Å²) in [6, 6.07) is 4.02. The molecule has 0 aliphatic carbocycles. The first-order valence-corrected chi connectivity index (χ1v) is 5.50. The van der Waals surface area contributed by atoms with Crippen molar-refractivity contribution in [3.63, 3.8) is 0 Å². The van der Waals surface area contributed by atoms with E-state index in [0.29, 0.717) is 11.3 Å². The van der Waals surface area contributed by atoms with Crippen LogP contribution in [0.1, 0.15) is 38.0 Å². The molecule has 0 amide bonds. The van der Waals surface area contributed by atoms with Crippen molar-refractivity contribution in [1.29, 1.82) is 0 Å². The van der Waals surface area contributed by atoms with E-state index >= 15 is 0 Å². The quantitative estimate of drug-likeness (QED) is 0.882. The molecule has 1 unspecified atom stereocenters. The van der Waals surface area contributed by atoms with E-state index in [1.807, 2.05) is 20.8 Å². The molecule has 0 radical (unpaired) electrons. The first-order chi connectivity index (χ1) is 8.07. The molecule has 0 spiro atoms. The van der Waals surface area contributed by atoms with E-state index in [0.717, 1.165) is 0 Å². The van der Waals surface area contributed by atoms with Gasteiger partial charge in [0.05, 0.1) is 7.11 Å². The summed E-state index contributed by atoms with van der Waals surface area (Å²) < 4.78 is 42.5. The van der Waals surface area contributed by atoms with Crippen LogP contribution in [-0.4, -0.2) is 18.4 Å². The molecular formula is C13H17F3O2. The van der Waals surface area contributed by atoms with Crippen LogP contribution in [0.25, 0.3) is 0 Å². The molecule has 0 saturated carbocycles. The Labute approximate surface area is 104 Å². The molecule has 102 valence electrons. The SMILES string of the molecule is COc1ccc(C(O)C(F)(F)F)cc1C(C)(C)C. The minimum Gasteiger partial charge on any atom is -0.496 e. The average molecular weight is 262 g/mol. The largest absolute Gasteiger partial charge is 0.496 e. The van der Waals surface area contributed by atoms with Gasteiger partial charge in [0.25, 0.3) is 0 Å². The maximum Gasteiger partial charge on any atom is 0.418 e. The zero-order valence-electron chi connectivity index (χ0n) is 10.8. The molecule has 0 aromatic heterocycles. The highest BCUT2D eigenvalue weighted by atomic mass is 19.4. The topological polar surface area (TPSA) is 29.5 Å². The summed E-state index contributed by atoms with van der Waals surface area (Å²) in [7, 11) is 1.46. The molecule has 2 nitrogen and oxygen atoms in total. The second-order valence-electron chi connectivity index (χ2n) is 5.15. The van der Waals surface area contributed by atoms with Crippen LogP contribution in [0.15, 0.2) is 18.2 Å². The monoisotopic (exact) mass is 262 g/mol. The fourth-order valence-corrected chi connectivity index (χ4v) is 1.67. The van der Waals surface area contributed by atoms with Crippen molar-refractivity contribution in [3.05, 3.63) is 29.3 Å². The number of alkyl halides is 3. The third-order valence-electron chi connectivity index (χ3n) is 2.66. The van der Waals surface area contributed by atoms with Crippen molar-refractivity contribution in [1.82, 2.24) is 0 Å². The van der Waals surface area contributed by atoms with Crippen LogP contribution in [0, 0.1) is 0 Å². The molecule has 1 aromatic rings. The molecule has 0 saturated heterocycles. The first kappa shape index (κ1) is 14.8. The second kappa shape index (κ2) is 4.80. The van der Waals surface area contributed by atoms with Crippen molar-refractivity contribution in [3.8, 4) is 5.75 Å². The maximum absolute atomic E-state index is 12.5. The second-order valence-corrected chi connectivity index (χ2v) is 5.15. The van der Waals surface area contributed by atoms with Gasteiger partial charge in [0.1, 0.15) is 5.75 Å². The molecule has 5 heteroatoms. The van der Waals surface area contributed by atoms with E-state index in [9.17, 15) is 18.3 Å². The zero-order valence-corrected chi connectivity index (χ0v) is 10.8. The summed E-state index contributed by atoms with van der Waals surface area (Å²) in [5, 5.41) is 9.24. The summed E-state index contributed by atoms with van der Waals surface area (Å²) in [6.45, 7) is 5.61. The Morgan fingerprint density at radius 2 is 1.72 bits per heavy atom. The minimum atomic E-state index is -4.66. The molecule has 0 heterocycles. The van der Waals surface area contributed by atoms with Crippen molar-refractivity contribution in [2.24, 2.45) is 0 Å². The normalized spacial score (nSPS) is 14.4. The lowest BCUT2D eigenvalue weighted by Gasteiger charge is -2.24. The van der Waals surface area contributed by atoms with Crippen LogP contribution < -0.4 is 4.74 Å². The van der Waals surface area contributed by atoms with Gasteiger partial charge in [-0.1, -0.05) is 26.8 Å². The Hall–Kier alpha value is -1.23. The predicted molar refractivity (Wildman–Crippen MR) is 62.7 cm³/mol. The Kier molecular flexibility index (Phi) is 3.96. The van der Waals surface area contributed by atoms with Gasteiger partial charge in [-0.3, -0.25) is 0 Å². The highest BCUT2D eigenvalue weighted by molar-refractivity contribution is 5.42. The van der Waals surface area contributed by atoms with Gasteiger partial charge < -0.3 is 9.84 Å². The smallest absolute Gasteiger partial charge is 0.418 e. The van der Waals surface area contributed by atoms with Crippen LogP contribution in [0.5, 0.6) is 5.75 Å². The third-order valence-corrected chi connectivity index (χ3v) is 2.66. The fraction of sp³-hybridized carbons (Fsp3) is 0.538. The van der Waals surface area contributed by atoms with Crippen LogP contribution in [0.2, 0.25) is 0 Å². The lowest BCUT2D eigenvalue weighted by atomic mass is 9.85. The fourth-order valence-electron chi connectivity index (χ4n) is 1.67. The van der Waals surface area contributed by atoms with E-state index in [1.54, 1.807) is 0 Å². The number of aliphatic hydroxyl groups excluding tert-OH is 1. The molecular weight excluding hydrogens is 245 g/mol. The van der Waals surface area contributed by atoms with Gasteiger partial charge in [-0.25, -0.2) is 0 Å². The van der Waals surface area contributed by atoms with Gasteiger partial charge >= 0.3 is 6.18 Å². The maximum atomic E-state index is 12.5. The lowest BCUT2D eigenvalue weighted by molar-refractivity contribution is -0.206. The molecule has 0 bridgehead atoms. The van der Waals surface area contributed by atoms with Crippen molar-refractivity contribution < 1.29 is 23.0 Å². The van der Waals surface area contributed by atoms with Crippen LogP contribution >= 0.6 is 0 Å². The summed E-state index contributed by atoms with van der Waals surface area (Å²) in [6.07, 6.45) is -7.13. The van der Waals surface area contributed by atoms with E-state index in [2.05, 4.69) is 0 Å². The van der Waals surface area contributed by atoms with E-state index in [4.69, 9.17) is 4.74 Å². The van der Waals surface area contributed by atoms with E-state index < -0.39 is 12.3 Å². The summed E-state index contributed by atoms with van der Waals surface area (Å²) >= 11 is 0. The van der Waals surface area contributed by atoms with E-state index in [-0.39, 0.29) is 11.0 Å². The number of methoxy groups -OCH3 is 1. The molecule has 0 fully saturated rings. The number of halogens is 3. The van der Waals surface area contributed by atoms with Gasteiger partial charge in [-0.2, -0.15) is 13.2 Å². The molecule has 18 heavy (non-hydrogen) atoms. The average Bonchev–Trinajstić information content (AvgIpc) is 2.24. The lowest BCUT2D eigenvalue weighted by Crippen LogP contribution is -2.21. The number of hydrogen-bond acceptors (Lipinski definition) is 2. The standard InChI is InChI=1S/C13H17F3O2/c1-12(2,3)9-7-8(5-6-10(9)18-4)11(17)13(14,15)16/h5-7,11,17H,1-4H3. The van der Waals surface area contributed by atoms with Crippen molar-refractivity contribution in [2.45, 2.75) is 38.5 Å². The van der Waals surface area contributed by atoms with Crippen molar-refractivity contribution >= 4 is 0 Å². The van der Waals surface area contributed by atoms with E-state index in [1.165, 1.54) is 25.3 Å². The van der Waals surface area contributed by atoms with Gasteiger partial charge in [0.2, 0.25) is 0 Å². The number of ether oxygens (including phenoxy) is 1. The zero-order chi connectivity index (χ0) is 14.1. The third kappa shape index (κ3) is 3.16. The molecule has 1 atom stereocenters. The van der Waals surface area contributed by atoms with Gasteiger partial charge in [-0.05, 0) is 28.7 Å². The van der Waals surface area contributed by atoms with Gasteiger partial charge in [-0.15, -0.1) is 0 Å². The molecule has 0 aliphatic heterocycles. The summed E-state index contributed by atoms with van der Waals surface area (Å²) in [5.74, 6) is 0.514. The number of hydrogen-bond donors (Lipinski definition) is 1.